The summed E-state index contributed by atoms with van der Waals surface area (Å²) in [7, 11) is 5.89. The summed E-state index contributed by atoms with van der Waals surface area (Å²) in [6.45, 7) is 1.08. The minimum atomic E-state index is -0.187. The fourth-order valence-corrected chi connectivity index (χ4v) is 3.32. The molecule has 1 N–H and O–H groups in total. The number of fused-ring (bicyclic) bond motifs is 1. The van der Waals surface area contributed by atoms with E-state index < -0.39 is 0 Å². The summed E-state index contributed by atoms with van der Waals surface area (Å²) in [6, 6.07) is 12.9. The molecule has 0 aliphatic carbocycles. The molecule has 2 radical (unpaired) electrons. The molecule has 0 unspecified atom stereocenters. The molecule has 2 aromatic carbocycles. The maximum absolute atomic E-state index is 12.2. The molecule has 2 aliphatic rings. The maximum atomic E-state index is 12.2. The number of carbonyl (C=O) groups excluding carboxylic acids is 1. The van der Waals surface area contributed by atoms with Crippen molar-refractivity contribution in [3.05, 3.63) is 52.9 Å². The Balaban J connectivity index is 1.58. The maximum Gasteiger partial charge on any atom is 0.264 e. The molecule has 1 fully saturated rings. The topological polar surface area (TPSA) is 59.9 Å². The smallest absolute Gasteiger partial charge is 0.264 e. The number of nitrogens with zero attached hydrogens (tertiary/aromatic N) is 1. The third-order valence-corrected chi connectivity index (χ3v) is 4.58. The normalized spacial score (nSPS) is 19.3. The number of aliphatic imine (C=N–C) groups is 1. The van der Waals surface area contributed by atoms with Crippen LogP contribution in [0.5, 0.6) is 11.5 Å². The largest absolute Gasteiger partial charge is 0.486 e. The lowest BCUT2D eigenvalue weighted by molar-refractivity contribution is -0.115. The number of nitrogens with one attached hydrogen (secondary N) is 1. The van der Waals surface area contributed by atoms with Crippen LogP contribution < -0.4 is 20.3 Å². The number of ether oxygens (including phenoxy) is 2. The van der Waals surface area contributed by atoms with Gasteiger partial charge in [0.15, 0.2) is 16.7 Å². The van der Waals surface area contributed by atoms with Crippen LogP contribution in [0.15, 0.2) is 52.4 Å². The average molecular weight is 348 g/mol. The molecule has 5 nitrogen and oxygen atoms in total. The van der Waals surface area contributed by atoms with Crippen LogP contribution in [0.4, 0.5) is 5.69 Å². The van der Waals surface area contributed by atoms with E-state index in [1.165, 1.54) is 11.8 Å². The second-order valence-electron chi connectivity index (χ2n) is 5.44. The molecule has 1 saturated heterocycles. The molecular weight excluding hydrogens is 335 g/mol. The van der Waals surface area contributed by atoms with Gasteiger partial charge in [-0.3, -0.25) is 4.79 Å². The van der Waals surface area contributed by atoms with Gasteiger partial charge in [-0.25, -0.2) is 4.99 Å². The fraction of sp³-hybridized carbons (Fsp3) is 0.111. The zero-order chi connectivity index (χ0) is 17.2. The number of hydrogen-bond acceptors (Lipinski definition) is 5. The molecule has 0 aromatic heterocycles. The Hall–Kier alpha value is -2.67. The molecule has 4 rings (SSSR count). The van der Waals surface area contributed by atoms with Crippen molar-refractivity contribution >= 4 is 47.9 Å². The van der Waals surface area contributed by atoms with E-state index in [9.17, 15) is 4.79 Å². The van der Waals surface area contributed by atoms with E-state index in [0.717, 1.165) is 11.3 Å². The highest BCUT2D eigenvalue weighted by atomic mass is 32.2. The summed E-state index contributed by atoms with van der Waals surface area (Å²) in [5.41, 5.74) is 2.06. The Kier molecular flexibility index (Phi) is 4.23. The van der Waals surface area contributed by atoms with Crippen LogP contribution in [-0.4, -0.2) is 32.1 Å². The van der Waals surface area contributed by atoms with E-state index >= 15 is 0 Å². The molecule has 2 heterocycles. The first-order chi connectivity index (χ1) is 12.2. The highest BCUT2D eigenvalue weighted by molar-refractivity contribution is 8.18. The van der Waals surface area contributed by atoms with Gasteiger partial charge in [-0.15, -0.1) is 0 Å². The van der Waals surface area contributed by atoms with Crippen molar-refractivity contribution in [1.29, 1.82) is 0 Å². The molecule has 0 atom stereocenters. The lowest BCUT2D eigenvalue weighted by Gasteiger charge is -2.18. The summed E-state index contributed by atoms with van der Waals surface area (Å²) >= 11 is 1.28. The molecule has 0 bridgehead atoms. The number of amides is 1. The van der Waals surface area contributed by atoms with E-state index in [1.807, 2.05) is 30.3 Å². The lowest BCUT2D eigenvalue weighted by atomic mass is 9.94. The second kappa shape index (κ2) is 6.68. The number of carbonyl (C=O) groups is 1. The third kappa shape index (κ3) is 3.41. The van der Waals surface area contributed by atoms with Crippen LogP contribution in [-0.2, 0) is 4.79 Å². The summed E-state index contributed by atoms with van der Waals surface area (Å²) in [4.78, 5) is 17.2. The summed E-state index contributed by atoms with van der Waals surface area (Å²) in [5, 5.41) is 3.26. The minimum absolute atomic E-state index is 0.187. The lowest BCUT2D eigenvalue weighted by Crippen LogP contribution is -2.20. The number of hydrogen-bond donors (Lipinski definition) is 1. The number of rotatable bonds is 2. The first kappa shape index (κ1) is 15.8. The Bertz CT molecular complexity index is 911. The van der Waals surface area contributed by atoms with Gasteiger partial charge < -0.3 is 14.8 Å². The van der Waals surface area contributed by atoms with Crippen molar-refractivity contribution in [2.24, 2.45) is 4.99 Å². The molecule has 2 aromatic rings. The van der Waals surface area contributed by atoms with Gasteiger partial charge in [-0.1, -0.05) is 29.7 Å². The first-order valence-electron chi connectivity index (χ1n) is 7.73. The molecule has 0 spiro atoms. The molecule has 2 aliphatic heterocycles. The van der Waals surface area contributed by atoms with Crippen molar-refractivity contribution in [3.63, 3.8) is 0 Å². The third-order valence-electron chi connectivity index (χ3n) is 3.67. The van der Waals surface area contributed by atoms with Crippen molar-refractivity contribution in [2.45, 2.75) is 0 Å². The summed E-state index contributed by atoms with van der Waals surface area (Å²) < 4.78 is 11.1. The first-order valence-corrected chi connectivity index (χ1v) is 8.54. The van der Waals surface area contributed by atoms with E-state index in [1.54, 1.807) is 18.2 Å². The summed E-state index contributed by atoms with van der Waals surface area (Å²) in [5.74, 6) is 1.22. The Morgan fingerprint density at radius 2 is 1.92 bits per heavy atom. The molecule has 122 valence electrons. The minimum Gasteiger partial charge on any atom is -0.486 e. The van der Waals surface area contributed by atoms with Gasteiger partial charge in [0.05, 0.1) is 10.6 Å². The van der Waals surface area contributed by atoms with Gasteiger partial charge in [0, 0.05) is 0 Å². The average Bonchev–Trinajstić information content (AvgIpc) is 2.96. The van der Waals surface area contributed by atoms with Crippen LogP contribution in [0.1, 0.15) is 5.56 Å². The van der Waals surface area contributed by atoms with Crippen LogP contribution in [0, 0.1) is 0 Å². The van der Waals surface area contributed by atoms with Crippen molar-refractivity contribution in [3.8, 4) is 11.5 Å². The quantitative estimate of drug-likeness (QED) is 0.667. The van der Waals surface area contributed by atoms with Gasteiger partial charge in [0.1, 0.15) is 21.1 Å². The van der Waals surface area contributed by atoms with E-state index in [4.69, 9.17) is 17.3 Å². The van der Waals surface area contributed by atoms with Gasteiger partial charge in [0.25, 0.3) is 5.91 Å². The van der Waals surface area contributed by atoms with Gasteiger partial charge >= 0.3 is 0 Å². The zero-order valence-corrected chi connectivity index (χ0v) is 14.0. The van der Waals surface area contributed by atoms with Crippen LogP contribution in [0.25, 0.3) is 6.08 Å². The SMILES string of the molecule is [B]c1ccccc1N=C1NC(=O)/C(=C/c2ccc3c(c2)OCCO3)S1. The van der Waals surface area contributed by atoms with E-state index in [-0.39, 0.29) is 5.91 Å². The molecule has 7 heteroatoms. The Labute approximate surface area is 150 Å². The Morgan fingerprint density at radius 1 is 1.12 bits per heavy atom. The second-order valence-corrected chi connectivity index (χ2v) is 6.47. The molecule has 25 heavy (non-hydrogen) atoms. The van der Waals surface area contributed by atoms with E-state index in [0.29, 0.717) is 40.2 Å². The molecular formula is C18H13BN2O3S. The van der Waals surface area contributed by atoms with Crippen molar-refractivity contribution < 1.29 is 14.3 Å². The van der Waals surface area contributed by atoms with Gasteiger partial charge in [-0.2, -0.15) is 0 Å². The van der Waals surface area contributed by atoms with Crippen LogP contribution in [0.2, 0.25) is 0 Å². The predicted octanol–water partition coefficient (Wildman–Crippen LogP) is 2.14. The number of amidine groups is 1. The van der Waals surface area contributed by atoms with Crippen LogP contribution >= 0.6 is 11.8 Å². The van der Waals surface area contributed by atoms with Crippen LogP contribution in [0.3, 0.4) is 0 Å². The Morgan fingerprint density at radius 3 is 2.76 bits per heavy atom. The zero-order valence-electron chi connectivity index (χ0n) is 13.2. The van der Waals surface area contributed by atoms with E-state index in [2.05, 4.69) is 10.3 Å². The molecule has 1 amide bonds. The highest BCUT2D eigenvalue weighted by Gasteiger charge is 2.24. The number of benzene rings is 2. The monoisotopic (exact) mass is 348 g/mol. The summed E-state index contributed by atoms with van der Waals surface area (Å²) in [6.07, 6.45) is 1.80. The predicted molar refractivity (Wildman–Crippen MR) is 100 cm³/mol. The van der Waals surface area contributed by atoms with Crippen molar-refractivity contribution in [1.82, 2.24) is 5.32 Å². The van der Waals surface area contributed by atoms with Gasteiger partial charge in [-0.05, 0) is 41.6 Å². The van der Waals surface area contributed by atoms with Gasteiger partial charge in [0.2, 0.25) is 0 Å². The standard InChI is InChI=1S/C18H13BN2O3S/c19-12-3-1-2-4-13(12)20-18-21-17(22)16(25-18)10-11-5-6-14-15(9-11)24-8-7-23-14/h1-6,9-10H,7-8H2,(H,20,21,22)/b16-10-. The van der Waals surface area contributed by atoms with Crippen molar-refractivity contribution in [2.75, 3.05) is 13.2 Å². The fourth-order valence-electron chi connectivity index (χ4n) is 2.48. The number of para-hydroxylation sites is 1. The number of thioether (sulfide) groups is 1. The highest BCUT2D eigenvalue weighted by Crippen LogP contribution is 2.33. The molecule has 0 saturated carbocycles.